The van der Waals surface area contributed by atoms with Gasteiger partial charge in [-0.05, 0) is 24.3 Å². The standard InChI is InChI=1S/C14H11N5O3/c15-7-12(10-3-2-6-16-8-10)19-22-9-11-4-1-5-13(17-11)18-14(20)21/h1-6,8H,9H2,(H,17,18)(H,20,21). The van der Waals surface area contributed by atoms with E-state index in [1.807, 2.05) is 6.07 Å². The second-order valence-corrected chi connectivity index (χ2v) is 4.01. The molecule has 8 nitrogen and oxygen atoms in total. The average Bonchev–Trinajstić information content (AvgIpc) is 2.52. The third kappa shape index (κ3) is 4.28. The van der Waals surface area contributed by atoms with E-state index in [4.69, 9.17) is 15.2 Å². The van der Waals surface area contributed by atoms with Gasteiger partial charge in [0.05, 0.1) is 5.69 Å². The van der Waals surface area contributed by atoms with Crippen molar-refractivity contribution in [2.24, 2.45) is 5.16 Å². The normalized spacial score (nSPS) is 10.6. The molecule has 22 heavy (non-hydrogen) atoms. The number of amides is 1. The number of pyridine rings is 2. The Balaban J connectivity index is 2.02. The molecule has 0 saturated carbocycles. The van der Waals surface area contributed by atoms with Gasteiger partial charge in [-0.2, -0.15) is 5.26 Å². The van der Waals surface area contributed by atoms with Crippen LogP contribution in [0.15, 0.2) is 47.9 Å². The maximum atomic E-state index is 10.5. The number of aromatic nitrogens is 2. The Bertz CT molecular complexity index is 725. The first-order valence-electron chi connectivity index (χ1n) is 6.15. The Kier molecular flexibility index (Phi) is 4.99. The lowest BCUT2D eigenvalue weighted by molar-refractivity contribution is 0.128. The third-order valence-electron chi connectivity index (χ3n) is 2.45. The minimum absolute atomic E-state index is 0.000577. The lowest BCUT2D eigenvalue weighted by atomic mass is 10.2. The van der Waals surface area contributed by atoms with Gasteiger partial charge in [-0.15, -0.1) is 0 Å². The van der Waals surface area contributed by atoms with Gasteiger partial charge in [0.2, 0.25) is 0 Å². The van der Waals surface area contributed by atoms with E-state index in [9.17, 15) is 4.79 Å². The maximum Gasteiger partial charge on any atom is 0.410 e. The first kappa shape index (κ1) is 14.9. The van der Waals surface area contributed by atoms with Gasteiger partial charge >= 0.3 is 6.09 Å². The highest BCUT2D eigenvalue weighted by Gasteiger charge is 2.04. The largest absolute Gasteiger partial charge is 0.465 e. The van der Waals surface area contributed by atoms with Crippen molar-refractivity contribution in [1.29, 1.82) is 5.26 Å². The number of nitrogens with zero attached hydrogens (tertiary/aromatic N) is 4. The molecule has 0 atom stereocenters. The fraction of sp³-hybridized carbons (Fsp3) is 0.0714. The summed E-state index contributed by atoms with van der Waals surface area (Å²) in [5.41, 5.74) is 1.10. The van der Waals surface area contributed by atoms with E-state index in [1.54, 1.807) is 30.5 Å². The Morgan fingerprint density at radius 1 is 1.41 bits per heavy atom. The Hall–Kier alpha value is -3.47. The van der Waals surface area contributed by atoms with E-state index in [1.165, 1.54) is 12.3 Å². The number of carboxylic acid groups (broad SMARTS) is 1. The molecule has 0 saturated heterocycles. The van der Waals surface area contributed by atoms with Gasteiger partial charge in [-0.1, -0.05) is 11.2 Å². The number of nitriles is 1. The van der Waals surface area contributed by atoms with Crippen molar-refractivity contribution < 1.29 is 14.7 Å². The predicted molar refractivity (Wildman–Crippen MR) is 77.1 cm³/mol. The van der Waals surface area contributed by atoms with E-state index in [0.29, 0.717) is 11.3 Å². The highest BCUT2D eigenvalue weighted by Crippen LogP contribution is 2.07. The molecule has 8 heteroatoms. The van der Waals surface area contributed by atoms with Gasteiger partial charge in [0.25, 0.3) is 0 Å². The van der Waals surface area contributed by atoms with Gasteiger partial charge in [0.1, 0.15) is 11.9 Å². The summed E-state index contributed by atoms with van der Waals surface area (Å²) < 4.78 is 0. The van der Waals surface area contributed by atoms with Crippen LogP contribution in [0.1, 0.15) is 11.3 Å². The smallest absolute Gasteiger partial charge is 0.410 e. The SMILES string of the molecule is N#CC(=NOCc1cccc(NC(=O)O)n1)c1cccnc1. The Morgan fingerprint density at radius 2 is 2.27 bits per heavy atom. The summed E-state index contributed by atoms with van der Waals surface area (Å²) >= 11 is 0. The first-order chi connectivity index (χ1) is 10.7. The predicted octanol–water partition coefficient (Wildman–Crippen LogP) is 2.01. The van der Waals surface area contributed by atoms with Crippen molar-refractivity contribution in [2.75, 3.05) is 5.32 Å². The molecule has 110 valence electrons. The first-order valence-corrected chi connectivity index (χ1v) is 6.15. The molecule has 2 N–H and O–H groups in total. The second-order valence-electron chi connectivity index (χ2n) is 4.01. The van der Waals surface area contributed by atoms with Gasteiger partial charge in [0.15, 0.2) is 12.3 Å². The zero-order valence-corrected chi connectivity index (χ0v) is 11.3. The third-order valence-corrected chi connectivity index (χ3v) is 2.45. The van der Waals surface area contributed by atoms with Crippen LogP contribution in [-0.2, 0) is 11.4 Å². The van der Waals surface area contributed by atoms with E-state index in [0.717, 1.165) is 0 Å². The average molecular weight is 297 g/mol. The van der Waals surface area contributed by atoms with Crippen LogP contribution in [0.4, 0.5) is 10.6 Å². The van der Waals surface area contributed by atoms with Gasteiger partial charge < -0.3 is 9.94 Å². The summed E-state index contributed by atoms with van der Waals surface area (Å²) in [6.45, 7) is 0.000577. The molecule has 0 aliphatic heterocycles. The van der Waals surface area contributed by atoms with Gasteiger partial charge in [-0.25, -0.2) is 9.78 Å². The Labute approximate surface area is 125 Å². The molecular formula is C14H11N5O3. The minimum atomic E-state index is -1.20. The molecule has 0 radical (unpaired) electrons. The molecule has 2 aromatic rings. The molecule has 2 heterocycles. The van der Waals surface area contributed by atoms with Crippen LogP contribution < -0.4 is 5.32 Å². The summed E-state index contributed by atoms with van der Waals surface area (Å²) in [5, 5.41) is 23.5. The summed E-state index contributed by atoms with van der Waals surface area (Å²) in [7, 11) is 0. The molecule has 2 rings (SSSR count). The zero-order chi connectivity index (χ0) is 15.8. The molecule has 0 aliphatic rings. The monoisotopic (exact) mass is 297 g/mol. The van der Waals surface area contributed by atoms with Crippen LogP contribution >= 0.6 is 0 Å². The molecule has 0 bridgehead atoms. The lowest BCUT2D eigenvalue weighted by Crippen LogP contribution is -2.09. The van der Waals surface area contributed by atoms with Crippen LogP contribution in [0.3, 0.4) is 0 Å². The zero-order valence-electron chi connectivity index (χ0n) is 11.3. The van der Waals surface area contributed by atoms with Crippen molar-refractivity contribution in [3.05, 3.63) is 54.0 Å². The van der Waals surface area contributed by atoms with Crippen molar-refractivity contribution in [3.63, 3.8) is 0 Å². The molecular weight excluding hydrogens is 286 g/mol. The number of anilines is 1. The van der Waals surface area contributed by atoms with Crippen molar-refractivity contribution in [1.82, 2.24) is 9.97 Å². The molecule has 0 aromatic carbocycles. The van der Waals surface area contributed by atoms with Crippen molar-refractivity contribution in [2.45, 2.75) is 6.61 Å². The summed E-state index contributed by atoms with van der Waals surface area (Å²) in [4.78, 5) is 23.5. The van der Waals surface area contributed by atoms with E-state index >= 15 is 0 Å². The highest BCUT2D eigenvalue weighted by molar-refractivity contribution is 6.11. The number of oxime groups is 1. The number of rotatable bonds is 5. The number of nitrogens with one attached hydrogen (secondary N) is 1. The molecule has 2 aromatic heterocycles. The van der Waals surface area contributed by atoms with Gasteiger partial charge in [-0.3, -0.25) is 10.3 Å². The number of hydrogen-bond donors (Lipinski definition) is 2. The van der Waals surface area contributed by atoms with E-state index < -0.39 is 6.09 Å². The topological polar surface area (TPSA) is 120 Å². The van der Waals surface area contributed by atoms with Crippen LogP contribution in [-0.4, -0.2) is 26.9 Å². The lowest BCUT2D eigenvalue weighted by Gasteiger charge is -2.03. The summed E-state index contributed by atoms with van der Waals surface area (Å²) in [6.07, 6.45) is 1.89. The molecule has 0 fully saturated rings. The summed E-state index contributed by atoms with van der Waals surface area (Å²) in [6, 6.07) is 10.1. The van der Waals surface area contributed by atoms with Crippen LogP contribution in [0.5, 0.6) is 0 Å². The molecule has 0 unspecified atom stereocenters. The quantitative estimate of drug-likeness (QED) is 0.643. The Morgan fingerprint density at radius 3 is 2.95 bits per heavy atom. The molecule has 1 amide bonds. The minimum Gasteiger partial charge on any atom is -0.465 e. The fourth-order valence-corrected chi connectivity index (χ4v) is 1.54. The molecule has 0 spiro atoms. The van der Waals surface area contributed by atoms with Crippen LogP contribution in [0.25, 0.3) is 0 Å². The molecule has 0 aliphatic carbocycles. The second kappa shape index (κ2) is 7.35. The van der Waals surface area contributed by atoms with Gasteiger partial charge in [0, 0.05) is 18.0 Å². The van der Waals surface area contributed by atoms with Crippen LogP contribution in [0.2, 0.25) is 0 Å². The number of carbonyl (C=O) groups is 1. The summed E-state index contributed by atoms with van der Waals surface area (Å²) in [5.74, 6) is 0.186. The maximum absolute atomic E-state index is 10.5. The van der Waals surface area contributed by atoms with Crippen molar-refractivity contribution in [3.8, 4) is 6.07 Å². The fourth-order valence-electron chi connectivity index (χ4n) is 1.54. The number of hydrogen-bond acceptors (Lipinski definition) is 6. The van der Waals surface area contributed by atoms with E-state index in [-0.39, 0.29) is 18.1 Å². The highest BCUT2D eigenvalue weighted by atomic mass is 16.6. The van der Waals surface area contributed by atoms with Crippen molar-refractivity contribution >= 4 is 17.6 Å². The van der Waals surface area contributed by atoms with E-state index in [2.05, 4.69) is 20.4 Å². The van der Waals surface area contributed by atoms with Crippen LogP contribution in [0, 0.1) is 11.3 Å².